The van der Waals surface area contributed by atoms with Crippen molar-refractivity contribution in [2.75, 3.05) is 25.5 Å². The van der Waals surface area contributed by atoms with Crippen molar-refractivity contribution in [2.45, 2.75) is 13.8 Å². The van der Waals surface area contributed by atoms with E-state index in [1.807, 2.05) is 32.3 Å². The molecule has 4 nitrogen and oxygen atoms in total. The molecule has 0 fully saturated rings. The Morgan fingerprint density at radius 1 is 1.40 bits per heavy atom. The molecule has 1 amide bonds. The second kappa shape index (κ2) is 5.90. The van der Waals surface area contributed by atoms with Gasteiger partial charge >= 0.3 is 0 Å². The lowest BCUT2D eigenvalue weighted by Crippen LogP contribution is -2.34. The van der Waals surface area contributed by atoms with Crippen molar-refractivity contribution in [1.82, 2.24) is 10.3 Å². The number of nitrogens with one attached hydrogen (secondary N) is 1. The average Bonchev–Trinajstić information content (AvgIpc) is 2.46. The summed E-state index contributed by atoms with van der Waals surface area (Å²) in [7, 11) is 3.68. The molecule has 0 spiro atoms. The van der Waals surface area contributed by atoms with Crippen LogP contribution in [0.3, 0.4) is 0 Å². The summed E-state index contributed by atoms with van der Waals surface area (Å²) in [6.07, 6.45) is 1.83. The summed E-state index contributed by atoms with van der Waals surface area (Å²) in [6, 6.07) is 8.18. The number of hydrogen-bond donors (Lipinski definition) is 1. The van der Waals surface area contributed by atoms with Gasteiger partial charge in [0.05, 0.1) is 11.4 Å². The van der Waals surface area contributed by atoms with Crippen LogP contribution in [-0.2, 0) is 4.79 Å². The van der Waals surface area contributed by atoms with E-state index in [-0.39, 0.29) is 11.8 Å². The molecule has 1 N–H and O–H groups in total. The van der Waals surface area contributed by atoms with Gasteiger partial charge in [0, 0.05) is 37.9 Å². The maximum Gasteiger partial charge on any atom is 0.224 e. The number of nitrogens with zero attached hydrogens (tertiary/aromatic N) is 2. The van der Waals surface area contributed by atoms with E-state index in [2.05, 4.69) is 34.3 Å². The molecule has 1 aromatic heterocycles. The average molecular weight is 271 g/mol. The molecule has 1 unspecified atom stereocenters. The first kappa shape index (κ1) is 14.3. The molecule has 1 atom stereocenters. The molecule has 0 aliphatic rings. The number of aryl methyl sites for hydroxylation is 1. The first-order valence-electron chi connectivity index (χ1n) is 6.81. The third kappa shape index (κ3) is 2.74. The van der Waals surface area contributed by atoms with Gasteiger partial charge in [0.1, 0.15) is 0 Å². The number of anilines is 1. The molecule has 2 aromatic rings. The molecule has 106 valence electrons. The number of carbonyl (C=O) groups is 1. The van der Waals surface area contributed by atoms with E-state index in [0.29, 0.717) is 6.54 Å². The highest BCUT2D eigenvalue weighted by Gasteiger charge is 2.15. The third-order valence-electron chi connectivity index (χ3n) is 3.60. The Balaban J connectivity index is 2.33. The summed E-state index contributed by atoms with van der Waals surface area (Å²) in [5, 5.41) is 3.81. The number of pyridine rings is 1. The third-order valence-corrected chi connectivity index (χ3v) is 3.60. The maximum absolute atomic E-state index is 11.6. The predicted octanol–water partition coefficient (Wildman–Crippen LogP) is 2.36. The minimum atomic E-state index is -0.0574. The van der Waals surface area contributed by atoms with Crippen molar-refractivity contribution in [3.05, 3.63) is 36.0 Å². The number of hydrogen-bond acceptors (Lipinski definition) is 3. The van der Waals surface area contributed by atoms with Gasteiger partial charge in [0.25, 0.3) is 0 Å². The Morgan fingerprint density at radius 2 is 2.15 bits per heavy atom. The van der Waals surface area contributed by atoms with Crippen LogP contribution in [0.15, 0.2) is 30.5 Å². The smallest absolute Gasteiger partial charge is 0.224 e. The van der Waals surface area contributed by atoms with Crippen LogP contribution in [0.1, 0.15) is 12.5 Å². The zero-order valence-electron chi connectivity index (χ0n) is 12.5. The largest absolute Gasteiger partial charge is 0.373 e. The number of rotatable bonds is 4. The molecule has 0 aliphatic carbocycles. The van der Waals surface area contributed by atoms with Gasteiger partial charge in [-0.1, -0.05) is 25.1 Å². The highest BCUT2D eigenvalue weighted by molar-refractivity contribution is 5.93. The van der Waals surface area contributed by atoms with Crippen molar-refractivity contribution >= 4 is 22.5 Å². The van der Waals surface area contributed by atoms with Crippen LogP contribution in [0, 0.1) is 12.8 Å². The zero-order chi connectivity index (χ0) is 14.7. The van der Waals surface area contributed by atoms with Gasteiger partial charge in [0.15, 0.2) is 0 Å². The van der Waals surface area contributed by atoms with Crippen LogP contribution in [0.4, 0.5) is 5.69 Å². The van der Waals surface area contributed by atoms with Crippen LogP contribution in [0.2, 0.25) is 0 Å². The summed E-state index contributed by atoms with van der Waals surface area (Å²) in [6.45, 7) is 4.67. The van der Waals surface area contributed by atoms with E-state index in [9.17, 15) is 4.79 Å². The Hall–Kier alpha value is -2.10. The minimum absolute atomic E-state index is 0.0574. The number of carbonyl (C=O) groups excluding carboxylic acids is 1. The maximum atomic E-state index is 11.6. The SMILES string of the molecule is CNC(=O)C(C)CN(C)c1ccnc2c(C)cccc12. The number of amides is 1. The van der Waals surface area contributed by atoms with Crippen molar-refractivity contribution in [1.29, 1.82) is 0 Å². The fourth-order valence-corrected chi connectivity index (χ4v) is 2.48. The van der Waals surface area contributed by atoms with E-state index in [1.54, 1.807) is 7.05 Å². The monoisotopic (exact) mass is 271 g/mol. The van der Waals surface area contributed by atoms with Gasteiger partial charge in [-0.05, 0) is 18.6 Å². The van der Waals surface area contributed by atoms with Crippen molar-refractivity contribution < 1.29 is 4.79 Å². The Bertz CT molecular complexity index is 624. The van der Waals surface area contributed by atoms with Crippen LogP contribution in [-0.4, -0.2) is 31.5 Å². The number of benzene rings is 1. The summed E-state index contributed by atoms with van der Waals surface area (Å²) in [4.78, 5) is 18.2. The number of aromatic nitrogens is 1. The van der Waals surface area contributed by atoms with Crippen molar-refractivity contribution in [3.8, 4) is 0 Å². The van der Waals surface area contributed by atoms with Gasteiger partial charge in [-0.15, -0.1) is 0 Å². The summed E-state index contributed by atoms with van der Waals surface area (Å²) in [5.74, 6) is 0.00409. The van der Waals surface area contributed by atoms with Gasteiger partial charge in [0.2, 0.25) is 5.91 Å². The Labute approximate surface area is 119 Å². The molecule has 1 aromatic carbocycles. The summed E-state index contributed by atoms with van der Waals surface area (Å²) >= 11 is 0. The summed E-state index contributed by atoms with van der Waals surface area (Å²) < 4.78 is 0. The van der Waals surface area contributed by atoms with Crippen LogP contribution in [0.25, 0.3) is 10.9 Å². The lowest BCUT2D eigenvalue weighted by Gasteiger charge is -2.24. The lowest BCUT2D eigenvalue weighted by molar-refractivity contribution is -0.123. The quantitative estimate of drug-likeness (QED) is 0.928. The lowest BCUT2D eigenvalue weighted by atomic mass is 10.1. The number of fused-ring (bicyclic) bond motifs is 1. The topological polar surface area (TPSA) is 45.2 Å². The Kier molecular flexibility index (Phi) is 4.23. The van der Waals surface area contributed by atoms with Gasteiger partial charge in [-0.25, -0.2) is 0 Å². The number of para-hydroxylation sites is 1. The van der Waals surface area contributed by atoms with Crippen LogP contribution < -0.4 is 10.2 Å². The van der Waals surface area contributed by atoms with Gasteiger partial charge in [-0.2, -0.15) is 0 Å². The molecule has 20 heavy (non-hydrogen) atoms. The van der Waals surface area contributed by atoms with Crippen LogP contribution in [0.5, 0.6) is 0 Å². The van der Waals surface area contributed by atoms with Gasteiger partial charge in [-0.3, -0.25) is 9.78 Å². The van der Waals surface area contributed by atoms with Crippen molar-refractivity contribution in [2.24, 2.45) is 5.92 Å². The molecular weight excluding hydrogens is 250 g/mol. The standard InChI is InChI=1S/C16H21N3O/c1-11-6-5-7-13-14(8-9-18-15(11)13)19(4)10-12(2)16(20)17-3/h5-9,12H,10H2,1-4H3,(H,17,20). The van der Waals surface area contributed by atoms with E-state index >= 15 is 0 Å². The van der Waals surface area contributed by atoms with E-state index in [1.165, 1.54) is 0 Å². The Morgan fingerprint density at radius 3 is 2.85 bits per heavy atom. The van der Waals surface area contributed by atoms with Crippen LogP contribution >= 0.6 is 0 Å². The second-order valence-corrected chi connectivity index (χ2v) is 5.20. The molecule has 0 saturated carbocycles. The second-order valence-electron chi connectivity index (χ2n) is 5.20. The van der Waals surface area contributed by atoms with Crippen molar-refractivity contribution in [3.63, 3.8) is 0 Å². The first-order chi connectivity index (χ1) is 9.54. The fourth-order valence-electron chi connectivity index (χ4n) is 2.48. The molecule has 0 saturated heterocycles. The molecule has 0 aliphatic heterocycles. The zero-order valence-corrected chi connectivity index (χ0v) is 12.5. The predicted molar refractivity (Wildman–Crippen MR) is 83.0 cm³/mol. The summed E-state index contributed by atoms with van der Waals surface area (Å²) in [5.41, 5.74) is 3.29. The molecule has 0 bridgehead atoms. The normalized spacial score (nSPS) is 12.2. The van der Waals surface area contributed by atoms with E-state index < -0.39 is 0 Å². The fraction of sp³-hybridized carbons (Fsp3) is 0.375. The van der Waals surface area contributed by atoms with E-state index in [4.69, 9.17) is 0 Å². The molecule has 2 rings (SSSR count). The molecular formula is C16H21N3O. The minimum Gasteiger partial charge on any atom is -0.373 e. The molecule has 0 radical (unpaired) electrons. The highest BCUT2D eigenvalue weighted by Crippen LogP contribution is 2.26. The van der Waals surface area contributed by atoms with E-state index in [0.717, 1.165) is 22.2 Å². The highest BCUT2D eigenvalue weighted by atomic mass is 16.1. The van der Waals surface area contributed by atoms with Gasteiger partial charge < -0.3 is 10.2 Å². The first-order valence-corrected chi connectivity index (χ1v) is 6.81. The molecule has 4 heteroatoms. The molecule has 1 heterocycles.